The number of para-hydroxylation sites is 1. The summed E-state index contributed by atoms with van der Waals surface area (Å²) in [5, 5.41) is 22.0. The van der Waals surface area contributed by atoms with Crippen LogP contribution in [0, 0.1) is 17.0 Å². The minimum absolute atomic E-state index is 0.0782. The van der Waals surface area contributed by atoms with Gasteiger partial charge in [0, 0.05) is 23.4 Å². The molecule has 12 heteroatoms. The number of aromatic nitrogens is 3. The number of halogens is 3. The molecule has 1 heterocycles. The van der Waals surface area contributed by atoms with Gasteiger partial charge in [0.2, 0.25) is 5.91 Å². The summed E-state index contributed by atoms with van der Waals surface area (Å²) in [4.78, 5) is 23.0. The molecular formula is C24H18F3N5O3S. The molecule has 0 fully saturated rings. The van der Waals surface area contributed by atoms with E-state index < -0.39 is 22.6 Å². The Labute approximate surface area is 207 Å². The van der Waals surface area contributed by atoms with Crippen LogP contribution in [-0.2, 0) is 11.0 Å². The summed E-state index contributed by atoms with van der Waals surface area (Å²) in [5.41, 5.74) is 0.910. The van der Waals surface area contributed by atoms with Gasteiger partial charge >= 0.3 is 6.18 Å². The highest BCUT2D eigenvalue weighted by Gasteiger charge is 2.33. The molecule has 1 aromatic heterocycles. The van der Waals surface area contributed by atoms with Gasteiger partial charge in [0.15, 0.2) is 11.0 Å². The highest BCUT2D eigenvalue weighted by atomic mass is 32.2. The third kappa shape index (κ3) is 5.54. The number of non-ortho nitro benzene ring substituents is 1. The highest BCUT2D eigenvalue weighted by Crippen LogP contribution is 2.35. The van der Waals surface area contributed by atoms with Gasteiger partial charge in [0.05, 0.1) is 21.9 Å². The lowest BCUT2D eigenvalue weighted by atomic mass is 10.1. The zero-order valence-electron chi connectivity index (χ0n) is 18.7. The number of hydrogen-bond acceptors (Lipinski definition) is 6. The standard InChI is InChI=1S/C24H18F3N5O3S/c1-15-6-10-17(11-7-15)31-22(16-8-12-18(13-9-16)32(34)35)29-30-23(31)36-14-21(33)28-20-5-3-2-4-19(20)24(25,26)27/h2-13H,14H2,1H3,(H,28,33). The number of nitrogens with one attached hydrogen (secondary N) is 1. The SMILES string of the molecule is Cc1ccc(-n2c(SCC(=O)Nc3ccccc3C(F)(F)F)nnc2-c2ccc([N+](=O)[O-])cc2)cc1. The van der Waals surface area contributed by atoms with Crippen LogP contribution in [-0.4, -0.2) is 31.3 Å². The smallest absolute Gasteiger partial charge is 0.325 e. The molecule has 0 atom stereocenters. The molecule has 0 saturated carbocycles. The fourth-order valence-electron chi connectivity index (χ4n) is 3.36. The van der Waals surface area contributed by atoms with Crippen molar-refractivity contribution in [3.8, 4) is 17.1 Å². The fourth-order valence-corrected chi connectivity index (χ4v) is 4.12. The Balaban J connectivity index is 1.61. The highest BCUT2D eigenvalue weighted by molar-refractivity contribution is 7.99. The zero-order valence-corrected chi connectivity index (χ0v) is 19.5. The predicted octanol–water partition coefficient (Wildman–Crippen LogP) is 5.90. The van der Waals surface area contributed by atoms with E-state index in [4.69, 9.17) is 0 Å². The van der Waals surface area contributed by atoms with E-state index in [1.54, 1.807) is 16.7 Å². The Morgan fingerprint density at radius 1 is 1.03 bits per heavy atom. The number of carbonyl (C=O) groups is 1. The van der Waals surface area contributed by atoms with E-state index in [9.17, 15) is 28.1 Å². The number of benzene rings is 3. The van der Waals surface area contributed by atoms with Gasteiger partial charge < -0.3 is 5.32 Å². The van der Waals surface area contributed by atoms with Gasteiger partial charge in [0.25, 0.3) is 5.69 Å². The van der Waals surface area contributed by atoms with Gasteiger partial charge in [-0.2, -0.15) is 13.2 Å². The van der Waals surface area contributed by atoms with Crippen LogP contribution in [0.5, 0.6) is 0 Å². The summed E-state index contributed by atoms with van der Waals surface area (Å²) in [6.45, 7) is 1.92. The summed E-state index contributed by atoms with van der Waals surface area (Å²) < 4.78 is 41.4. The van der Waals surface area contributed by atoms with Crippen LogP contribution in [0.1, 0.15) is 11.1 Å². The zero-order chi connectivity index (χ0) is 25.9. The molecule has 1 amide bonds. The number of rotatable bonds is 7. The monoisotopic (exact) mass is 513 g/mol. The number of nitrogens with zero attached hydrogens (tertiary/aromatic N) is 4. The summed E-state index contributed by atoms with van der Waals surface area (Å²) in [5.74, 6) is -0.484. The van der Waals surface area contributed by atoms with E-state index in [0.717, 1.165) is 23.4 Å². The van der Waals surface area contributed by atoms with Gasteiger partial charge in [-0.25, -0.2) is 0 Å². The molecule has 0 radical (unpaired) electrons. The first kappa shape index (κ1) is 24.9. The first-order chi connectivity index (χ1) is 17.1. The summed E-state index contributed by atoms with van der Waals surface area (Å²) >= 11 is 0.998. The Hall–Kier alpha value is -4.19. The first-order valence-corrected chi connectivity index (χ1v) is 11.5. The van der Waals surface area contributed by atoms with Crippen molar-refractivity contribution in [3.05, 3.63) is 94.0 Å². The maximum atomic E-state index is 13.2. The Morgan fingerprint density at radius 2 is 1.69 bits per heavy atom. The minimum atomic E-state index is -4.61. The van der Waals surface area contributed by atoms with Crippen molar-refractivity contribution in [1.29, 1.82) is 0 Å². The van der Waals surface area contributed by atoms with Gasteiger partial charge in [-0.1, -0.05) is 41.6 Å². The molecule has 0 spiro atoms. The number of nitro benzene ring substituents is 1. The second kappa shape index (κ2) is 10.2. The summed E-state index contributed by atoms with van der Waals surface area (Å²) in [6.07, 6.45) is -4.61. The number of anilines is 1. The number of amides is 1. The molecule has 0 saturated heterocycles. The molecule has 4 rings (SSSR count). The molecule has 8 nitrogen and oxygen atoms in total. The number of nitro groups is 1. The molecule has 0 unspecified atom stereocenters. The summed E-state index contributed by atoms with van der Waals surface area (Å²) in [6, 6.07) is 17.9. The number of hydrogen-bond donors (Lipinski definition) is 1. The number of aryl methyl sites for hydroxylation is 1. The Kier molecular flexibility index (Phi) is 7.06. The van der Waals surface area contributed by atoms with E-state index in [0.29, 0.717) is 22.2 Å². The van der Waals surface area contributed by atoms with Gasteiger partial charge in [0.1, 0.15) is 0 Å². The number of thioether (sulfide) groups is 1. The molecular weight excluding hydrogens is 495 g/mol. The van der Waals surface area contributed by atoms with Crippen molar-refractivity contribution in [2.45, 2.75) is 18.3 Å². The second-order valence-corrected chi connectivity index (χ2v) is 8.60. The van der Waals surface area contributed by atoms with E-state index >= 15 is 0 Å². The van der Waals surface area contributed by atoms with Crippen LogP contribution in [0.25, 0.3) is 17.1 Å². The lowest BCUT2D eigenvalue weighted by Crippen LogP contribution is -2.18. The van der Waals surface area contributed by atoms with Crippen molar-refractivity contribution in [2.75, 3.05) is 11.1 Å². The van der Waals surface area contributed by atoms with Crippen LogP contribution < -0.4 is 5.32 Å². The Bertz CT molecular complexity index is 1400. The number of alkyl halides is 3. The van der Waals surface area contributed by atoms with Crippen LogP contribution in [0.3, 0.4) is 0 Å². The van der Waals surface area contributed by atoms with Gasteiger partial charge in [-0.3, -0.25) is 19.5 Å². The molecule has 0 bridgehead atoms. The molecule has 4 aromatic rings. The van der Waals surface area contributed by atoms with Crippen LogP contribution in [0.4, 0.5) is 24.5 Å². The molecule has 3 aromatic carbocycles. The van der Waals surface area contributed by atoms with Crippen LogP contribution >= 0.6 is 11.8 Å². The van der Waals surface area contributed by atoms with Crippen molar-refractivity contribution < 1.29 is 22.9 Å². The fraction of sp³-hybridized carbons (Fsp3) is 0.125. The third-order valence-electron chi connectivity index (χ3n) is 5.10. The number of carbonyl (C=O) groups excluding carboxylic acids is 1. The van der Waals surface area contributed by atoms with Crippen LogP contribution in [0.2, 0.25) is 0 Å². The van der Waals surface area contributed by atoms with Crippen LogP contribution in [0.15, 0.2) is 78.0 Å². The lowest BCUT2D eigenvalue weighted by Gasteiger charge is -2.13. The topological polar surface area (TPSA) is 103 Å². The second-order valence-electron chi connectivity index (χ2n) is 7.66. The largest absolute Gasteiger partial charge is 0.418 e. The van der Waals surface area contributed by atoms with Crippen molar-refractivity contribution in [2.24, 2.45) is 0 Å². The average molecular weight is 514 g/mol. The average Bonchev–Trinajstić information content (AvgIpc) is 3.27. The molecule has 36 heavy (non-hydrogen) atoms. The molecule has 0 aliphatic carbocycles. The quantitative estimate of drug-likeness (QED) is 0.188. The van der Waals surface area contributed by atoms with E-state index in [2.05, 4.69) is 15.5 Å². The minimum Gasteiger partial charge on any atom is -0.325 e. The summed E-state index contributed by atoms with van der Waals surface area (Å²) in [7, 11) is 0. The van der Waals surface area contributed by atoms with E-state index in [-0.39, 0.29) is 17.1 Å². The Morgan fingerprint density at radius 3 is 2.33 bits per heavy atom. The first-order valence-electron chi connectivity index (χ1n) is 10.5. The van der Waals surface area contributed by atoms with Gasteiger partial charge in [-0.05, 0) is 43.3 Å². The van der Waals surface area contributed by atoms with E-state index in [1.165, 1.54) is 30.3 Å². The van der Waals surface area contributed by atoms with Gasteiger partial charge in [-0.15, -0.1) is 10.2 Å². The maximum absolute atomic E-state index is 13.2. The van der Waals surface area contributed by atoms with E-state index in [1.807, 2.05) is 31.2 Å². The third-order valence-corrected chi connectivity index (χ3v) is 6.03. The molecule has 0 aliphatic heterocycles. The predicted molar refractivity (Wildman–Crippen MR) is 129 cm³/mol. The molecule has 0 aliphatic rings. The molecule has 184 valence electrons. The normalized spacial score (nSPS) is 11.3. The lowest BCUT2D eigenvalue weighted by molar-refractivity contribution is -0.384. The van der Waals surface area contributed by atoms with Crippen molar-refractivity contribution in [3.63, 3.8) is 0 Å². The van der Waals surface area contributed by atoms with Crippen molar-refractivity contribution in [1.82, 2.24) is 14.8 Å². The van der Waals surface area contributed by atoms with Crippen molar-refractivity contribution >= 4 is 29.0 Å². The maximum Gasteiger partial charge on any atom is 0.418 e. The molecule has 1 N–H and O–H groups in total.